The first kappa shape index (κ1) is 21.6. The molecule has 0 N–H and O–H groups in total. The number of hydrogen-bond acceptors (Lipinski definition) is 0. The third kappa shape index (κ3) is 3.36. The van der Waals surface area contributed by atoms with Gasteiger partial charge in [0.1, 0.15) is 0 Å². The van der Waals surface area contributed by atoms with E-state index in [1.807, 2.05) is 0 Å². The second kappa shape index (κ2) is 8.40. The summed E-state index contributed by atoms with van der Waals surface area (Å²) in [5, 5.41) is 0. The van der Waals surface area contributed by atoms with Crippen molar-refractivity contribution in [3.05, 3.63) is 166 Å². The van der Waals surface area contributed by atoms with Crippen LogP contribution < -0.4 is 0 Å². The van der Waals surface area contributed by atoms with Gasteiger partial charge in [-0.05, 0) is 59.7 Å². The normalized spacial score (nSPS) is 12.9. The molecule has 0 unspecified atom stereocenters. The molecule has 0 heterocycles. The van der Waals surface area contributed by atoms with Gasteiger partial charge in [0.25, 0.3) is 0 Å². The monoisotopic (exact) mass is 450 g/mol. The lowest BCUT2D eigenvalue weighted by Crippen LogP contribution is -2.36. The predicted octanol–water partition coefficient (Wildman–Crippen LogP) is 8.76. The van der Waals surface area contributed by atoms with Gasteiger partial charge in [-0.15, -0.1) is 0 Å². The number of fused-ring (bicyclic) bond motifs is 3. The van der Waals surface area contributed by atoms with Gasteiger partial charge in [0.15, 0.2) is 0 Å². The summed E-state index contributed by atoms with van der Waals surface area (Å²) in [6.45, 7) is 6.62. The minimum atomic E-state index is -0.382. The van der Waals surface area contributed by atoms with Crippen molar-refractivity contribution in [3.63, 3.8) is 0 Å². The number of aryl methyl sites for hydroxylation is 3. The minimum Gasteiger partial charge on any atom is -0.0619 e. The molecule has 0 amide bonds. The molecule has 5 aromatic carbocycles. The Morgan fingerprint density at radius 1 is 0.429 bits per heavy atom. The van der Waals surface area contributed by atoms with Crippen LogP contribution in [0.15, 0.2) is 121 Å². The van der Waals surface area contributed by atoms with E-state index in [0.717, 1.165) is 0 Å². The van der Waals surface area contributed by atoms with Gasteiger partial charge < -0.3 is 0 Å². The third-order valence-corrected chi connectivity index (χ3v) is 7.69. The van der Waals surface area contributed by atoms with Gasteiger partial charge in [-0.1, -0.05) is 138 Å². The van der Waals surface area contributed by atoms with Crippen LogP contribution in [-0.4, -0.2) is 0 Å². The summed E-state index contributed by atoms with van der Waals surface area (Å²) in [5.74, 6) is 0.153. The average molecular weight is 451 g/mol. The van der Waals surface area contributed by atoms with Crippen LogP contribution in [0.5, 0.6) is 0 Å². The summed E-state index contributed by atoms with van der Waals surface area (Å²) in [6.07, 6.45) is 0. The Balaban J connectivity index is 1.82. The van der Waals surface area contributed by atoms with E-state index < -0.39 is 0 Å². The fourth-order valence-corrected chi connectivity index (χ4v) is 6.29. The van der Waals surface area contributed by atoms with E-state index in [-0.39, 0.29) is 11.3 Å². The van der Waals surface area contributed by atoms with Gasteiger partial charge in [-0.2, -0.15) is 0 Å². The quantitative estimate of drug-likeness (QED) is 0.240. The van der Waals surface area contributed by atoms with E-state index in [1.54, 1.807) is 0 Å². The second-order valence-corrected chi connectivity index (χ2v) is 10.0. The molecule has 0 bridgehead atoms. The number of benzene rings is 5. The Bertz CT molecular complexity index is 1380. The zero-order valence-electron chi connectivity index (χ0n) is 20.6. The molecule has 0 aliphatic heterocycles. The van der Waals surface area contributed by atoms with Crippen LogP contribution in [0.3, 0.4) is 0 Å². The molecular formula is C35H30. The molecule has 0 nitrogen and oxygen atoms in total. The van der Waals surface area contributed by atoms with E-state index in [9.17, 15) is 0 Å². The van der Waals surface area contributed by atoms with Crippen LogP contribution in [0.1, 0.15) is 50.4 Å². The SMILES string of the molecule is Cc1cccc(C(c2cccc(C)c2)(c2cccc(C)c2)C2c3ccccc3-c3ccccc32)c1. The Hall–Kier alpha value is -3.90. The van der Waals surface area contributed by atoms with E-state index in [2.05, 4.69) is 142 Å². The highest BCUT2D eigenvalue weighted by Gasteiger charge is 2.49. The lowest BCUT2D eigenvalue weighted by Gasteiger charge is -2.43. The van der Waals surface area contributed by atoms with Crippen molar-refractivity contribution in [1.82, 2.24) is 0 Å². The minimum absolute atomic E-state index is 0.153. The third-order valence-electron chi connectivity index (χ3n) is 7.69. The standard InChI is InChI=1S/C35H30/c1-24-11-8-14-27(21-24)35(28-15-9-12-25(2)22-28,29-16-10-13-26(3)23-29)34-32-19-6-4-17-30(32)31-18-5-7-20-33(31)34/h4-23,34H,1-3H3. The first-order valence-corrected chi connectivity index (χ1v) is 12.5. The van der Waals surface area contributed by atoms with Gasteiger partial charge in [0, 0.05) is 5.92 Å². The van der Waals surface area contributed by atoms with Crippen LogP contribution in [0.2, 0.25) is 0 Å². The topological polar surface area (TPSA) is 0 Å². The molecule has 35 heavy (non-hydrogen) atoms. The number of hydrogen-bond donors (Lipinski definition) is 0. The van der Waals surface area contributed by atoms with Crippen LogP contribution >= 0.6 is 0 Å². The lowest BCUT2D eigenvalue weighted by molar-refractivity contribution is 0.544. The van der Waals surface area contributed by atoms with Crippen LogP contribution in [0.4, 0.5) is 0 Å². The van der Waals surface area contributed by atoms with Crippen molar-refractivity contribution in [1.29, 1.82) is 0 Å². The zero-order chi connectivity index (χ0) is 24.0. The molecule has 1 aliphatic carbocycles. The molecule has 170 valence electrons. The summed E-state index contributed by atoms with van der Waals surface area (Å²) in [6, 6.07) is 45.5. The molecule has 0 aromatic heterocycles. The number of rotatable bonds is 4. The molecule has 0 atom stereocenters. The first-order valence-electron chi connectivity index (χ1n) is 12.5. The molecule has 1 aliphatic rings. The Kier molecular flexibility index (Phi) is 5.19. The van der Waals surface area contributed by atoms with E-state index in [0.29, 0.717) is 0 Å². The fraction of sp³-hybridized carbons (Fsp3) is 0.143. The lowest BCUT2D eigenvalue weighted by atomic mass is 9.59. The van der Waals surface area contributed by atoms with Crippen molar-refractivity contribution in [3.8, 4) is 11.1 Å². The van der Waals surface area contributed by atoms with Crippen molar-refractivity contribution >= 4 is 0 Å². The molecule has 0 saturated carbocycles. The van der Waals surface area contributed by atoms with E-state index in [1.165, 1.54) is 55.6 Å². The maximum atomic E-state index is 2.40. The maximum absolute atomic E-state index is 2.40. The van der Waals surface area contributed by atoms with Crippen molar-refractivity contribution in [2.45, 2.75) is 32.1 Å². The zero-order valence-corrected chi connectivity index (χ0v) is 20.6. The smallest absolute Gasteiger partial charge is 0.0560 e. The van der Waals surface area contributed by atoms with E-state index in [4.69, 9.17) is 0 Å². The average Bonchev–Trinajstić information content (AvgIpc) is 3.20. The first-order chi connectivity index (χ1) is 17.1. The van der Waals surface area contributed by atoms with E-state index >= 15 is 0 Å². The molecule has 0 fully saturated rings. The fourth-order valence-electron chi connectivity index (χ4n) is 6.29. The highest BCUT2D eigenvalue weighted by Crippen LogP contribution is 2.59. The van der Waals surface area contributed by atoms with Crippen LogP contribution in [-0.2, 0) is 5.41 Å². The van der Waals surface area contributed by atoms with Crippen molar-refractivity contribution in [2.75, 3.05) is 0 Å². The van der Waals surface area contributed by atoms with Gasteiger partial charge in [0.05, 0.1) is 5.41 Å². The van der Waals surface area contributed by atoms with Crippen molar-refractivity contribution < 1.29 is 0 Å². The van der Waals surface area contributed by atoms with Gasteiger partial charge in [-0.3, -0.25) is 0 Å². The molecule has 0 spiro atoms. The highest BCUT2D eigenvalue weighted by atomic mass is 14.5. The Labute approximate surface area is 208 Å². The van der Waals surface area contributed by atoms with Crippen LogP contribution in [0.25, 0.3) is 11.1 Å². The molecular weight excluding hydrogens is 420 g/mol. The summed E-state index contributed by atoms with van der Waals surface area (Å²) in [7, 11) is 0. The summed E-state index contributed by atoms with van der Waals surface area (Å²) >= 11 is 0. The molecule has 5 aromatic rings. The molecule has 0 radical (unpaired) electrons. The predicted molar refractivity (Wildman–Crippen MR) is 147 cm³/mol. The Morgan fingerprint density at radius 3 is 1.17 bits per heavy atom. The molecule has 0 heteroatoms. The highest BCUT2D eigenvalue weighted by molar-refractivity contribution is 5.81. The maximum Gasteiger partial charge on any atom is 0.0560 e. The Morgan fingerprint density at radius 2 is 0.800 bits per heavy atom. The molecule has 0 saturated heterocycles. The summed E-state index contributed by atoms with van der Waals surface area (Å²) in [5.41, 5.74) is 13.0. The summed E-state index contributed by atoms with van der Waals surface area (Å²) in [4.78, 5) is 0. The van der Waals surface area contributed by atoms with Gasteiger partial charge >= 0.3 is 0 Å². The largest absolute Gasteiger partial charge is 0.0619 e. The summed E-state index contributed by atoms with van der Waals surface area (Å²) < 4.78 is 0. The van der Waals surface area contributed by atoms with Gasteiger partial charge in [-0.25, -0.2) is 0 Å². The molecule has 6 rings (SSSR count). The van der Waals surface area contributed by atoms with Gasteiger partial charge in [0.2, 0.25) is 0 Å². The second-order valence-electron chi connectivity index (χ2n) is 10.0. The van der Waals surface area contributed by atoms with Crippen LogP contribution in [0, 0.1) is 20.8 Å². The van der Waals surface area contributed by atoms with Crippen molar-refractivity contribution in [2.24, 2.45) is 0 Å².